The second-order valence-electron chi connectivity index (χ2n) is 7.34. The molecule has 0 saturated heterocycles. The lowest BCUT2D eigenvalue weighted by Crippen LogP contribution is -2.30. The van der Waals surface area contributed by atoms with E-state index in [1.165, 1.54) is 33.9 Å². The standard InChI is InChI=1S/C22H29N5O3S2/c1-5-17-8-10-18(11-9-17)16(4)23-21(28)15-31-22-25-24-20-13-12-19(14-27(20)22)32(29,30)26(6-2)7-3/h8-14,16H,5-7,15H2,1-4H3,(H,23,28). The van der Waals surface area contributed by atoms with Crippen LogP contribution in [0.15, 0.2) is 52.6 Å². The first-order valence-electron chi connectivity index (χ1n) is 10.7. The highest BCUT2D eigenvalue weighted by atomic mass is 32.2. The van der Waals surface area contributed by atoms with Crippen LogP contribution in [0.3, 0.4) is 0 Å². The molecular formula is C22H29N5O3S2. The van der Waals surface area contributed by atoms with Crippen LogP contribution in [0.1, 0.15) is 44.9 Å². The molecule has 0 spiro atoms. The molecule has 1 atom stereocenters. The number of fused-ring (bicyclic) bond motifs is 1. The van der Waals surface area contributed by atoms with E-state index in [0.29, 0.717) is 23.9 Å². The van der Waals surface area contributed by atoms with Gasteiger partial charge in [-0.25, -0.2) is 8.42 Å². The Morgan fingerprint density at radius 1 is 1.09 bits per heavy atom. The molecule has 0 aliphatic rings. The third kappa shape index (κ3) is 5.31. The number of hydrogen-bond donors (Lipinski definition) is 1. The third-order valence-corrected chi connectivity index (χ3v) is 8.26. The smallest absolute Gasteiger partial charge is 0.244 e. The largest absolute Gasteiger partial charge is 0.349 e. The van der Waals surface area contributed by atoms with Gasteiger partial charge in [-0.1, -0.05) is 56.8 Å². The highest BCUT2D eigenvalue weighted by Crippen LogP contribution is 2.22. The Bertz CT molecular complexity index is 1170. The van der Waals surface area contributed by atoms with Gasteiger partial charge in [0, 0.05) is 19.3 Å². The minimum absolute atomic E-state index is 0.116. The average molecular weight is 476 g/mol. The average Bonchev–Trinajstić information content (AvgIpc) is 3.20. The molecule has 0 radical (unpaired) electrons. The van der Waals surface area contributed by atoms with E-state index in [9.17, 15) is 13.2 Å². The monoisotopic (exact) mass is 475 g/mol. The first-order valence-corrected chi connectivity index (χ1v) is 13.1. The van der Waals surface area contributed by atoms with Crippen LogP contribution in [0.4, 0.5) is 0 Å². The lowest BCUT2D eigenvalue weighted by Gasteiger charge is -2.18. The van der Waals surface area contributed by atoms with Crippen molar-refractivity contribution in [3.05, 3.63) is 53.7 Å². The van der Waals surface area contributed by atoms with Gasteiger partial charge < -0.3 is 5.32 Å². The second kappa shape index (κ2) is 10.5. The summed E-state index contributed by atoms with van der Waals surface area (Å²) in [4.78, 5) is 12.7. The number of hydrogen-bond acceptors (Lipinski definition) is 6. The minimum Gasteiger partial charge on any atom is -0.349 e. The summed E-state index contributed by atoms with van der Waals surface area (Å²) in [7, 11) is -3.60. The number of thioether (sulfide) groups is 1. The topological polar surface area (TPSA) is 96.7 Å². The maximum Gasteiger partial charge on any atom is 0.244 e. The van der Waals surface area contributed by atoms with Crippen LogP contribution >= 0.6 is 11.8 Å². The molecule has 0 fully saturated rings. The molecule has 0 saturated carbocycles. The van der Waals surface area contributed by atoms with Crippen LogP contribution in [-0.4, -0.2) is 52.1 Å². The summed E-state index contributed by atoms with van der Waals surface area (Å²) in [5, 5.41) is 11.7. The van der Waals surface area contributed by atoms with E-state index in [2.05, 4.69) is 34.6 Å². The van der Waals surface area contributed by atoms with E-state index in [4.69, 9.17) is 0 Å². The van der Waals surface area contributed by atoms with Crippen LogP contribution in [0.25, 0.3) is 5.65 Å². The summed E-state index contributed by atoms with van der Waals surface area (Å²) in [5.74, 6) is 0.0105. The van der Waals surface area contributed by atoms with Gasteiger partial charge in [-0.15, -0.1) is 10.2 Å². The van der Waals surface area contributed by atoms with Crippen LogP contribution in [-0.2, 0) is 21.2 Å². The van der Waals surface area contributed by atoms with E-state index < -0.39 is 10.0 Å². The van der Waals surface area contributed by atoms with Crippen molar-refractivity contribution in [2.45, 2.75) is 50.2 Å². The van der Waals surface area contributed by atoms with Gasteiger partial charge >= 0.3 is 0 Å². The number of aryl methyl sites for hydroxylation is 1. The Balaban J connectivity index is 1.70. The van der Waals surface area contributed by atoms with Crippen molar-refractivity contribution in [1.29, 1.82) is 0 Å². The molecule has 0 bridgehead atoms. The minimum atomic E-state index is -3.60. The molecule has 3 rings (SSSR count). The van der Waals surface area contributed by atoms with Crippen LogP contribution < -0.4 is 5.32 Å². The normalized spacial score (nSPS) is 12.9. The molecule has 10 heteroatoms. The van der Waals surface area contributed by atoms with Gasteiger partial charge in [0.2, 0.25) is 15.9 Å². The number of sulfonamides is 1. The summed E-state index contributed by atoms with van der Waals surface area (Å²) in [6, 6.07) is 11.2. The Kier molecular flexibility index (Phi) is 7.91. The Morgan fingerprint density at radius 2 is 1.78 bits per heavy atom. The number of aromatic nitrogens is 3. The quantitative estimate of drug-likeness (QED) is 0.452. The number of nitrogens with zero attached hydrogens (tertiary/aromatic N) is 4. The molecule has 32 heavy (non-hydrogen) atoms. The van der Waals surface area contributed by atoms with Crippen molar-refractivity contribution in [1.82, 2.24) is 24.2 Å². The van der Waals surface area contributed by atoms with E-state index >= 15 is 0 Å². The summed E-state index contributed by atoms with van der Waals surface area (Å²) >= 11 is 1.22. The lowest BCUT2D eigenvalue weighted by atomic mass is 10.1. The molecule has 1 amide bonds. The summed E-state index contributed by atoms with van der Waals surface area (Å²) in [6.07, 6.45) is 2.49. The molecule has 172 valence electrons. The van der Waals surface area contributed by atoms with Crippen molar-refractivity contribution in [3.63, 3.8) is 0 Å². The fourth-order valence-corrected chi connectivity index (χ4v) is 5.54. The zero-order valence-corrected chi connectivity index (χ0v) is 20.4. The highest BCUT2D eigenvalue weighted by Gasteiger charge is 2.23. The third-order valence-electron chi connectivity index (χ3n) is 5.28. The van der Waals surface area contributed by atoms with Crippen molar-refractivity contribution in [2.75, 3.05) is 18.8 Å². The molecule has 0 aliphatic heterocycles. The number of pyridine rings is 1. The number of benzene rings is 1. The Morgan fingerprint density at radius 3 is 2.41 bits per heavy atom. The molecule has 2 aromatic heterocycles. The van der Waals surface area contributed by atoms with E-state index in [-0.39, 0.29) is 22.6 Å². The zero-order chi connectivity index (χ0) is 23.3. The lowest BCUT2D eigenvalue weighted by molar-refractivity contribution is -0.119. The van der Waals surface area contributed by atoms with E-state index in [1.807, 2.05) is 19.1 Å². The highest BCUT2D eigenvalue weighted by molar-refractivity contribution is 7.99. The Labute approximate surface area is 193 Å². The molecule has 2 heterocycles. The first kappa shape index (κ1) is 24.2. The fourth-order valence-electron chi connectivity index (χ4n) is 3.35. The maximum absolute atomic E-state index is 12.8. The van der Waals surface area contributed by atoms with Gasteiger partial charge in [-0.2, -0.15) is 4.31 Å². The van der Waals surface area contributed by atoms with Gasteiger partial charge in [0.25, 0.3) is 0 Å². The number of carbonyl (C=O) groups is 1. The van der Waals surface area contributed by atoms with Gasteiger partial charge in [-0.3, -0.25) is 9.20 Å². The summed E-state index contributed by atoms with van der Waals surface area (Å²) in [5.41, 5.74) is 2.82. The fraction of sp³-hybridized carbons (Fsp3) is 0.409. The SMILES string of the molecule is CCc1ccc(C(C)NC(=O)CSc2nnc3ccc(S(=O)(=O)N(CC)CC)cn23)cc1. The molecule has 8 nitrogen and oxygen atoms in total. The molecule has 1 aromatic carbocycles. The molecular weight excluding hydrogens is 446 g/mol. The van der Waals surface area contributed by atoms with Crippen molar-refractivity contribution >= 4 is 33.3 Å². The zero-order valence-electron chi connectivity index (χ0n) is 18.8. The van der Waals surface area contributed by atoms with Gasteiger partial charge in [0.1, 0.15) is 0 Å². The maximum atomic E-state index is 12.8. The van der Waals surface area contributed by atoms with Crippen LogP contribution in [0, 0.1) is 0 Å². The van der Waals surface area contributed by atoms with Crippen molar-refractivity contribution in [2.24, 2.45) is 0 Å². The molecule has 1 N–H and O–H groups in total. The predicted octanol–water partition coefficient (Wildman–Crippen LogP) is 3.29. The second-order valence-corrected chi connectivity index (χ2v) is 10.2. The van der Waals surface area contributed by atoms with Crippen LogP contribution in [0.2, 0.25) is 0 Å². The van der Waals surface area contributed by atoms with Crippen molar-refractivity contribution < 1.29 is 13.2 Å². The molecule has 0 aliphatic carbocycles. The number of amides is 1. The van der Waals surface area contributed by atoms with Crippen LogP contribution in [0.5, 0.6) is 0 Å². The van der Waals surface area contributed by atoms with Gasteiger partial charge in [0.05, 0.1) is 16.7 Å². The molecule has 1 unspecified atom stereocenters. The number of carbonyl (C=O) groups excluding carboxylic acids is 1. The van der Waals surface area contributed by atoms with Gasteiger partial charge in [0.15, 0.2) is 10.8 Å². The predicted molar refractivity (Wildman–Crippen MR) is 126 cm³/mol. The van der Waals surface area contributed by atoms with E-state index in [1.54, 1.807) is 24.3 Å². The molecule has 3 aromatic rings. The van der Waals surface area contributed by atoms with Crippen molar-refractivity contribution in [3.8, 4) is 0 Å². The Hall–Kier alpha value is -2.43. The van der Waals surface area contributed by atoms with Gasteiger partial charge in [-0.05, 0) is 36.6 Å². The number of rotatable bonds is 10. The van der Waals surface area contributed by atoms with E-state index in [0.717, 1.165) is 12.0 Å². The number of nitrogens with one attached hydrogen (secondary N) is 1. The summed E-state index contributed by atoms with van der Waals surface area (Å²) in [6.45, 7) is 8.43. The first-order chi connectivity index (χ1) is 15.3. The summed E-state index contributed by atoms with van der Waals surface area (Å²) < 4.78 is 28.7.